The van der Waals surface area contributed by atoms with E-state index in [1.807, 2.05) is 36.4 Å². The van der Waals surface area contributed by atoms with Crippen molar-refractivity contribution in [2.75, 3.05) is 0 Å². The molecule has 0 fully saturated rings. The Morgan fingerprint density at radius 2 is 1.04 bits per heavy atom. The SMILES string of the molecule is Cc1c(N=Nc2c(O)ccc3ccccc23)cccc1S(=O)(=O)O.Cc1c(N=Nc2c([O-])ccc3ccccc23)cccc1S(=O)(=O)[O-].[Ba+2]. The first-order valence-corrected chi connectivity index (χ1v) is 17.0. The van der Waals surface area contributed by atoms with Crippen molar-refractivity contribution in [3.8, 4) is 11.5 Å². The van der Waals surface area contributed by atoms with Gasteiger partial charge in [0.1, 0.15) is 21.6 Å². The van der Waals surface area contributed by atoms with Crippen molar-refractivity contribution in [2.24, 2.45) is 20.5 Å². The minimum atomic E-state index is -4.60. The van der Waals surface area contributed by atoms with Crippen LogP contribution in [0.25, 0.3) is 21.5 Å². The van der Waals surface area contributed by atoms with Crippen LogP contribution in [0.1, 0.15) is 11.1 Å². The first kappa shape index (κ1) is 37.8. The number of hydrogen-bond acceptors (Lipinski definition) is 11. The van der Waals surface area contributed by atoms with Gasteiger partial charge in [0.25, 0.3) is 10.1 Å². The van der Waals surface area contributed by atoms with E-state index in [0.717, 1.165) is 16.2 Å². The van der Waals surface area contributed by atoms with Crippen LogP contribution in [0.5, 0.6) is 11.5 Å². The molecule has 0 aliphatic heterocycles. The van der Waals surface area contributed by atoms with E-state index in [4.69, 9.17) is 0 Å². The van der Waals surface area contributed by atoms with Crippen LogP contribution in [0.15, 0.2) is 139 Å². The quantitative estimate of drug-likeness (QED) is 0.0967. The van der Waals surface area contributed by atoms with Gasteiger partial charge in [0.15, 0.2) is 0 Å². The van der Waals surface area contributed by atoms with Crippen LogP contribution in [-0.4, -0.2) is 79.9 Å². The van der Waals surface area contributed by atoms with Crippen molar-refractivity contribution in [1.29, 1.82) is 0 Å². The summed E-state index contributed by atoms with van der Waals surface area (Å²) in [6, 6.07) is 29.5. The Bertz CT molecular complexity index is 2300. The molecule has 2 N–H and O–H groups in total. The summed E-state index contributed by atoms with van der Waals surface area (Å²) in [6.07, 6.45) is 0. The minimum Gasteiger partial charge on any atom is -0.871 e. The Balaban J connectivity index is 0.000000216. The molecule has 0 aromatic heterocycles. The van der Waals surface area contributed by atoms with Gasteiger partial charge in [-0.3, -0.25) is 4.55 Å². The topological polar surface area (TPSA) is 204 Å². The van der Waals surface area contributed by atoms with Crippen molar-refractivity contribution in [3.63, 3.8) is 0 Å². The molecule has 0 heterocycles. The molecular weight excluding hydrogens is 794 g/mol. The van der Waals surface area contributed by atoms with E-state index in [9.17, 15) is 36.2 Å². The summed E-state index contributed by atoms with van der Waals surface area (Å²) >= 11 is 0. The van der Waals surface area contributed by atoms with Gasteiger partial charge in [0, 0.05) is 10.8 Å². The molecular formula is C34H26BaN4O8S2. The van der Waals surface area contributed by atoms with Crippen LogP contribution in [0, 0.1) is 13.8 Å². The molecule has 12 nitrogen and oxygen atoms in total. The predicted octanol–water partition coefficient (Wildman–Crippen LogP) is 7.68. The summed E-state index contributed by atoms with van der Waals surface area (Å²) in [5, 5.41) is 41.4. The minimum absolute atomic E-state index is 0. The fourth-order valence-electron chi connectivity index (χ4n) is 4.87. The number of aromatic hydroxyl groups is 1. The van der Waals surface area contributed by atoms with Crippen molar-refractivity contribution in [3.05, 3.63) is 120 Å². The average molecular weight is 820 g/mol. The van der Waals surface area contributed by atoms with Gasteiger partial charge in [0.2, 0.25) is 0 Å². The normalized spacial score (nSPS) is 11.8. The second-order valence-electron chi connectivity index (χ2n) is 10.4. The van der Waals surface area contributed by atoms with Gasteiger partial charge in [-0.2, -0.15) is 23.8 Å². The van der Waals surface area contributed by atoms with E-state index < -0.39 is 20.2 Å². The molecule has 0 saturated carbocycles. The van der Waals surface area contributed by atoms with Gasteiger partial charge in [-0.1, -0.05) is 84.6 Å². The van der Waals surface area contributed by atoms with E-state index in [1.54, 1.807) is 30.3 Å². The van der Waals surface area contributed by atoms with Crippen molar-refractivity contribution in [2.45, 2.75) is 23.6 Å². The maximum Gasteiger partial charge on any atom is 2.00 e. The van der Waals surface area contributed by atoms with Gasteiger partial charge < -0.3 is 14.8 Å². The molecule has 6 aromatic rings. The average Bonchev–Trinajstić information content (AvgIpc) is 3.04. The van der Waals surface area contributed by atoms with Crippen LogP contribution in [0.2, 0.25) is 0 Å². The summed E-state index contributed by atoms with van der Waals surface area (Å²) in [6.45, 7) is 3.00. The number of nitrogens with zero attached hydrogens (tertiary/aromatic N) is 4. The van der Waals surface area contributed by atoms with E-state index in [0.29, 0.717) is 11.1 Å². The van der Waals surface area contributed by atoms with Crippen LogP contribution in [0.4, 0.5) is 22.7 Å². The maximum absolute atomic E-state index is 12.1. The van der Waals surface area contributed by atoms with Crippen LogP contribution < -0.4 is 5.11 Å². The van der Waals surface area contributed by atoms with Gasteiger partial charge in [0.05, 0.1) is 26.9 Å². The van der Waals surface area contributed by atoms with Crippen molar-refractivity contribution >= 4 is 113 Å². The number of azo groups is 2. The maximum atomic E-state index is 12.1. The van der Waals surface area contributed by atoms with Crippen molar-refractivity contribution in [1.82, 2.24) is 0 Å². The van der Waals surface area contributed by atoms with Gasteiger partial charge in [-0.05, 0) is 66.1 Å². The van der Waals surface area contributed by atoms with Crippen LogP contribution in [-0.2, 0) is 20.2 Å². The Labute approximate surface area is 322 Å². The smallest absolute Gasteiger partial charge is 0.871 e. The molecule has 0 saturated heterocycles. The molecule has 0 radical (unpaired) electrons. The summed E-state index contributed by atoms with van der Waals surface area (Å²) in [7, 11) is -8.93. The van der Waals surface area contributed by atoms with E-state index >= 15 is 0 Å². The molecule has 49 heavy (non-hydrogen) atoms. The number of phenols is 1. The monoisotopic (exact) mass is 820 g/mol. The number of benzene rings is 6. The molecule has 15 heteroatoms. The molecule has 0 aliphatic carbocycles. The Kier molecular flexibility index (Phi) is 12.1. The second-order valence-corrected chi connectivity index (χ2v) is 13.2. The largest absolute Gasteiger partial charge is 2.00 e. The summed E-state index contributed by atoms with van der Waals surface area (Å²) in [4.78, 5) is -0.569. The Hall–Kier alpha value is -3.97. The zero-order chi connectivity index (χ0) is 34.6. The summed E-state index contributed by atoms with van der Waals surface area (Å²) in [5.74, 6) is -0.316. The molecule has 0 unspecified atom stereocenters. The third-order valence-electron chi connectivity index (χ3n) is 7.32. The molecule has 0 atom stereocenters. The number of fused-ring (bicyclic) bond motifs is 2. The molecule has 0 spiro atoms. The Morgan fingerprint density at radius 1 is 0.571 bits per heavy atom. The zero-order valence-corrected chi connectivity index (χ0v) is 32.1. The third kappa shape index (κ3) is 8.80. The third-order valence-corrected chi connectivity index (χ3v) is 9.30. The van der Waals surface area contributed by atoms with Crippen molar-refractivity contribution < 1.29 is 36.2 Å². The number of rotatable bonds is 6. The molecule has 0 aliphatic rings. The first-order chi connectivity index (χ1) is 22.8. The van der Waals surface area contributed by atoms with E-state index in [-0.39, 0.29) is 98.4 Å². The van der Waals surface area contributed by atoms with Crippen LogP contribution >= 0.6 is 0 Å². The standard InChI is InChI=1S/2C17H14N2O4S.Ba/c2*1-11-14(7-4-8-16(11)24(21,22)23)18-19-17-13-6-3-2-5-12(13)9-10-15(17)20;/h2*2-10,20H,1H3,(H,21,22,23);/q;;+2/p-2. The Morgan fingerprint density at radius 3 is 1.59 bits per heavy atom. The zero-order valence-electron chi connectivity index (χ0n) is 26.0. The van der Waals surface area contributed by atoms with E-state index in [1.165, 1.54) is 56.3 Å². The first-order valence-electron chi connectivity index (χ1n) is 14.1. The van der Waals surface area contributed by atoms with E-state index in [2.05, 4.69) is 20.5 Å². The van der Waals surface area contributed by atoms with Gasteiger partial charge in [-0.25, -0.2) is 8.42 Å². The number of hydrogen-bond donors (Lipinski definition) is 2. The van der Waals surface area contributed by atoms with Gasteiger partial charge in [-0.15, -0.1) is 5.11 Å². The molecule has 0 amide bonds. The molecule has 0 bridgehead atoms. The molecule has 244 valence electrons. The summed E-state index contributed by atoms with van der Waals surface area (Å²) in [5.41, 5.74) is 1.46. The molecule has 6 aromatic carbocycles. The fraction of sp³-hybridized carbons (Fsp3) is 0.0588. The predicted molar refractivity (Wildman–Crippen MR) is 183 cm³/mol. The fourth-order valence-corrected chi connectivity index (χ4v) is 6.33. The molecule has 6 rings (SSSR count). The summed E-state index contributed by atoms with van der Waals surface area (Å²) < 4.78 is 65.6. The van der Waals surface area contributed by atoms with Gasteiger partial charge >= 0.3 is 48.9 Å². The van der Waals surface area contributed by atoms with Crippen LogP contribution in [0.3, 0.4) is 0 Å². The number of phenolic OH excluding ortho intramolecular Hbond substituents is 1. The second kappa shape index (κ2) is 15.7.